The quantitative estimate of drug-likeness (QED) is 0.894. The van der Waals surface area contributed by atoms with Crippen LogP contribution in [0.5, 0.6) is 5.75 Å². The van der Waals surface area contributed by atoms with E-state index in [0.717, 1.165) is 17.7 Å². The summed E-state index contributed by atoms with van der Waals surface area (Å²) in [5.74, 6) is 0.837. The lowest BCUT2D eigenvalue weighted by Gasteiger charge is -2.38. The lowest BCUT2D eigenvalue weighted by molar-refractivity contribution is 0.157. The molecule has 0 fully saturated rings. The van der Waals surface area contributed by atoms with Crippen molar-refractivity contribution in [2.45, 2.75) is 31.8 Å². The minimum Gasteiger partial charge on any atom is -0.496 e. The highest BCUT2D eigenvalue weighted by Crippen LogP contribution is 2.26. The Kier molecular flexibility index (Phi) is 5.02. The second kappa shape index (κ2) is 5.91. The van der Waals surface area contributed by atoms with E-state index in [1.165, 1.54) is 0 Å². The number of nitrogens with zero attached hydrogens (tertiary/aromatic N) is 1. The Morgan fingerprint density at radius 3 is 2.50 bits per heavy atom. The zero-order valence-corrected chi connectivity index (χ0v) is 12.6. The predicted octanol–water partition coefficient (Wildman–Crippen LogP) is 2.56. The highest BCUT2D eigenvalue weighted by atomic mass is 35.5. The average Bonchev–Trinajstić information content (AvgIpc) is 2.29. The monoisotopic (exact) mass is 270 g/mol. The minimum absolute atomic E-state index is 0.000123. The molecule has 1 unspecified atom stereocenters. The fourth-order valence-electron chi connectivity index (χ4n) is 1.73. The van der Waals surface area contributed by atoms with E-state index >= 15 is 0 Å². The number of halogens is 1. The summed E-state index contributed by atoms with van der Waals surface area (Å²) in [5, 5.41) is 0.709. The summed E-state index contributed by atoms with van der Waals surface area (Å²) in [6.45, 7) is 4.27. The molecule has 1 aromatic rings. The number of rotatable bonds is 5. The van der Waals surface area contributed by atoms with Crippen LogP contribution in [-0.4, -0.2) is 37.7 Å². The van der Waals surface area contributed by atoms with Gasteiger partial charge in [0.1, 0.15) is 5.75 Å². The van der Waals surface area contributed by atoms with Gasteiger partial charge in [-0.05, 0) is 58.1 Å². The van der Waals surface area contributed by atoms with Crippen molar-refractivity contribution in [2.75, 3.05) is 21.2 Å². The molecule has 0 spiro atoms. The number of benzene rings is 1. The Labute approximate surface area is 115 Å². The molecule has 4 heteroatoms. The molecule has 102 valence electrons. The summed E-state index contributed by atoms with van der Waals surface area (Å²) in [4.78, 5) is 2.13. The van der Waals surface area contributed by atoms with Crippen molar-refractivity contribution in [1.82, 2.24) is 4.90 Å². The molecule has 0 aromatic heterocycles. The number of likely N-dealkylation sites (N-methyl/N-ethyl adjacent to an activating group) is 1. The molecule has 18 heavy (non-hydrogen) atoms. The second-order valence-corrected chi connectivity index (χ2v) is 5.75. The van der Waals surface area contributed by atoms with Crippen LogP contribution in [0.1, 0.15) is 19.4 Å². The Bertz CT molecular complexity index is 405. The highest BCUT2D eigenvalue weighted by molar-refractivity contribution is 6.30. The first-order chi connectivity index (χ1) is 8.28. The standard InChI is InChI=1S/C14H23ClN2O/c1-14(2,17(3)4)13(16)9-10-8-11(15)6-7-12(10)18-5/h6-8,13H,9,16H2,1-5H3. The predicted molar refractivity (Wildman–Crippen MR) is 77.4 cm³/mol. The van der Waals surface area contributed by atoms with Gasteiger partial charge in [0.25, 0.3) is 0 Å². The van der Waals surface area contributed by atoms with Gasteiger partial charge in [-0.3, -0.25) is 0 Å². The molecular formula is C14H23ClN2O. The second-order valence-electron chi connectivity index (χ2n) is 5.31. The van der Waals surface area contributed by atoms with E-state index < -0.39 is 0 Å². The minimum atomic E-state index is -0.0900. The maximum absolute atomic E-state index is 6.32. The lowest BCUT2D eigenvalue weighted by Crippen LogP contribution is -2.54. The van der Waals surface area contributed by atoms with Crippen LogP contribution in [-0.2, 0) is 6.42 Å². The van der Waals surface area contributed by atoms with E-state index in [0.29, 0.717) is 5.02 Å². The first-order valence-electron chi connectivity index (χ1n) is 6.04. The molecule has 1 aromatic carbocycles. The van der Waals surface area contributed by atoms with Crippen LogP contribution in [0.25, 0.3) is 0 Å². The maximum Gasteiger partial charge on any atom is 0.122 e. The summed E-state index contributed by atoms with van der Waals surface area (Å²) in [7, 11) is 5.74. The van der Waals surface area contributed by atoms with Crippen molar-refractivity contribution in [3.8, 4) is 5.75 Å². The average molecular weight is 271 g/mol. The Morgan fingerprint density at radius 2 is 2.00 bits per heavy atom. The molecule has 0 aliphatic rings. The zero-order chi connectivity index (χ0) is 13.9. The fraction of sp³-hybridized carbons (Fsp3) is 0.571. The maximum atomic E-state index is 6.32. The first kappa shape index (κ1) is 15.3. The van der Waals surface area contributed by atoms with Gasteiger partial charge in [-0.1, -0.05) is 11.6 Å². The smallest absolute Gasteiger partial charge is 0.122 e. The normalized spacial score (nSPS) is 13.8. The van der Waals surface area contributed by atoms with Gasteiger partial charge in [0.2, 0.25) is 0 Å². The molecule has 0 radical (unpaired) electrons. The van der Waals surface area contributed by atoms with Gasteiger partial charge in [0, 0.05) is 16.6 Å². The number of methoxy groups -OCH3 is 1. The van der Waals surface area contributed by atoms with Gasteiger partial charge in [-0.15, -0.1) is 0 Å². The summed E-state index contributed by atoms with van der Waals surface area (Å²) < 4.78 is 5.35. The third-order valence-electron chi connectivity index (χ3n) is 3.74. The van der Waals surface area contributed by atoms with Gasteiger partial charge < -0.3 is 15.4 Å². The number of hydrogen-bond donors (Lipinski definition) is 1. The van der Waals surface area contributed by atoms with Crippen LogP contribution in [0.2, 0.25) is 5.02 Å². The van der Waals surface area contributed by atoms with E-state index in [1.54, 1.807) is 7.11 Å². The first-order valence-corrected chi connectivity index (χ1v) is 6.42. The van der Waals surface area contributed by atoms with Crippen molar-refractivity contribution in [1.29, 1.82) is 0 Å². The van der Waals surface area contributed by atoms with Gasteiger partial charge in [0.05, 0.1) is 7.11 Å². The SMILES string of the molecule is COc1ccc(Cl)cc1CC(N)C(C)(C)N(C)C. The molecule has 0 aliphatic carbocycles. The van der Waals surface area contributed by atoms with E-state index in [9.17, 15) is 0 Å². The largest absolute Gasteiger partial charge is 0.496 e. The lowest BCUT2D eigenvalue weighted by atomic mass is 9.88. The Hall–Kier alpha value is -0.770. The molecule has 0 amide bonds. The third-order valence-corrected chi connectivity index (χ3v) is 3.98. The molecule has 1 rings (SSSR count). The Morgan fingerprint density at radius 1 is 1.39 bits per heavy atom. The van der Waals surface area contributed by atoms with Crippen LogP contribution in [0.3, 0.4) is 0 Å². The zero-order valence-electron chi connectivity index (χ0n) is 11.8. The molecule has 0 bridgehead atoms. The van der Waals surface area contributed by atoms with Crippen LogP contribution in [0.4, 0.5) is 0 Å². The molecule has 1 atom stereocenters. The molecule has 3 nitrogen and oxygen atoms in total. The summed E-state index contributed by atoms with van der Waals surface area (Å²) >= 11 is 6.03. The molecule has 0 saturated carbocycles. The Balaban J connectivity index is 2.94. The van der Waals surface area contributed by atoms with Crippen molar-refractivity contribution in [3.05, 3.63) is 28.8 Å². The van der Waals surface area contributed by atoms with E-state index in [-0.39, 0.29) is 11.6 Å². The van der Waals surface area contributed by atoms with E-state index in [1.807, 2.05) is 32.3 Å². The number of nitrogens with two attached hydrogens (primary N) is 1. The van der Waals surface area contributed by atoms with Gasteiger partial charge in [-0.2, -0.15) is 0 Å². The van der Waals surface area contributed by atoms with Crippen LogP contribution >= 0.6 is 11.6 Å². The number of ether oxygens (including phenoxy) is 1. The van der Waals surface area contributed by atoms with Gasteiger partial charge >= 0.3 is 0 Å². The van der Waals surface area contributed by atoms with Gasteiger partial charge in [0.15, 0.2) is 0 Å². The molecule has 0 heterocycles. The van der Waals surface area contributed by atoms with Crippen molar-refractivity contribution in [3.63, 3.8) is 0 Å². The van der Waals surface area contributed by atoms with Crippen molar-refractivity contribution >= 4 is 11.6 Å². The van der Waals surface area contributed by atoms with Crippen LogP contribution < -0.4 is 10.5 Å². The molecule has 2 N–H and O–H groups in total. The third kappa shape index (κ3) is 3.37. The molecule has 0 saturated heterocycles. The van der Waals surface area contributed by atoms with Crippen molar-refractivity contribution < 1.29 is 4.74 Å². The molecular weight excluding hydrogens is 248 g/mol. The van der Waals surface area contributed by atoms with Crippen LogP contribution in [0, 0.1) is 0 Å². The van der Waals surface area contributed by atoms with Crippen LogP contribution in [0.15, 0.2) is 18.2 Å². The highest BCUT2D eigenvalue weighted by Gasteiger charge is 2.29. The van der Waals surface area contributed by atoms with Gasteiger partial charge in [-0.25, -0.2) is 0 Å². The van der Waals surface area contributed by atoms with Crippen molar-refractivity contribution in [2.24, 2.45) is 5.73 Å². The summed E-state index contributed by atoms with van der Waals surface area (Å²) in [6.07, 6.45) is 0.731. The topological polar surface area (TPSA) is 38.5 Å². The van der Waals surface area contributed by atoms with E-state index in [4.69, 9.17) is 22.1 Å². The summed E-state index contributed by atoms with van der Waals surface area (Å²) in [5.41, 5.74) is 7.28. The van der Waals surface area contributed by atoms with E-state index in [2.05, 4.69) is 18.7 Å². The fourth-order valence-corrected chi connectivity index (χ4v) is 1.92. The number of hydrogen-bond acceptors (Lipinski definition) is 3. The molecule has 0 aliphatic heterocycles. The summed E-state index contributed by atoms with van der Waals surface area (Å²) in [6, 6.07) is 5.63.